The first-order chi connectivity index (χ1) is 10.8. The Morgan fingerprint density at radius 3 is 3.09 bits per heavy atom. The molecular weight excluding hydrogens is 282 g/mol. The predicted octanol–water partition coefficient (Wildman–Crippen LogP) is 1.70. The number of aromatic nitrogens is 2. The van der Waals surface area contributed by atoms with Crippen LogP contribution in [0.3, 0.4) is 0 Å². The number of carbonyl (C=O) groups is 1. The standard InChI is InChI=1S/C16H17N3O3/c1-21-13-4-2-3-12(9-13)16(20)19-7-8-22-15(11-19)14-10-17-5-6-18-14/h2-6,9-10,15H,7-8,11H2,1H3. The minimum atomic E-state index is -0.239. The molecule has 2 aromatic rings. The number of ether oxygens (including phenoxy) is 2. The van der Waals surface area contributed by atoms with E-state index in [1.807, 2.05) is 12.1 Å². The molecule has 0 aliphatic carbocycles. The van der Waals surface area contributed by atoms with Crippen molar-refractivity contribution in [1.29, 1.82) is 0 Å². The Hall–Kier alpha value is -2.47. The lowest BCUT2D eigenvalue weighted by Crippen LogP contribution is -2.42. The summed E-state index contributed by atoms with van der Waals surface area (Å²) in [6.45, 7) is 1.51. The molecule has 22 heavy (non-hydrogen) atoms. The van der Waals surface area contributed by atoms with Gasteiger partial charge < -0.3 is 14.4 Å². The number of benzene rings is 1. The van der Waals surface area contributed by atoms with E-state index < -0.39 is 0 Å². The average Bonchev–Trinajstić information content (AvgIpc) is 2.62. The molecule has 0 spiro atoms. The molecule has 1 aliphatic rings. The molecule has 1 aliphatic heterocycles. The monoisotopic (exact) mass is 299 g/mol. The zero-order valence-corrected chi connectivity index (χ0v) is 12.3. The molecule has 1 fully saturated rings. The Kier molecular flexibility index (Phi) is 4.29. The number of rotatable bonds is 3. The summed E-state index contributed by atoms with van der Waals surface area (Å²) >= 11 is 0. The van der Waals surface area contributed by atoms with Crippen molar-refractivity contribution in [3.05, 3.63) is 54.1 Å². The van der Waals surface area contributed by atoms with E-state index in [-0.39, 0.29) is 12.0 Å². The molecule has 1 amide bonds. The summed E-state index contributed by atoms with van der Waals surface area (Å²) in [5, 5.41) is 0. The maximum Gasteiger partial charge on any atom is 0.254 e. The third-order valence-electron chi connectivity index (χ3n) is 3.58. The van der Waals surface area contributed by atoms with Crippen molar-refractivity contribution in [3.8, 4) is 5.75 Å². The fraction of sp³-hybridized carbons (Fsp3) is 0.312. The van der Waals surface area contributed by atoms with Gasteiger partial charge in [-0.25, -0.2) is 0 Å². The lowest BCUT2D eigenvalue weighted by Gasteiger charge is -2.32. The van der Waals surface area contributed by atoms with Gasteiger partial charge >= 0.3 is 0 Å². The van der Waals surface area contributed by atoms with Crippen LogP contribution < -0.4 is 4.74 Å². The second-order valence-electron chi connectivity index (χ2n) is 4.97. The van der Waals surface area contributed by atoms with E-state index >= 15 is 0 Å². The van der Waals surface area contributed by atoms with Crippen LogP contribution in [0.15, 0.2) is 42.9 Å². The molecule has 6 nitrogen and oxygen atoms in total. The number of methoxy groups -OCH3 is 1. The van der Waals surface area contributed by atoms with Crippen LogP contribution in [0.5, 0.6) is 5.75 Å². The van der Waals surface area contributed by atoms with Gasteiger partial charge in [0.15, 0.2) is 0 Å². The number of hydrogen-bond acceptors (Lipinski definition) is 5. The van der Waals surface area contributed by atoms with E-state index in [9.17, 15) is 4.79 Å². The molecule has 2 heterocycles. The Balaban J connectivity index is 1.75. The van der Waals surface area contributed by atoms with Crippen molar-refractivity contribution in [2.45, 2.75) is 6.10 Å². The average molecular weight is 299 g/mol. The summed E-state index contributed by atoms with van der Waals surface area (Å²) in [5.41, 5.74) is 1.35. The van der Waals surface area contributed by atoms with E-state index in [1.165, 1.54) is 0 Å². The zero-order valence-electron chi connectivity index (χ0n) is 12.3. The molecule has 1 saturated heterocycles. The molecule has 6 heteroatoms. The zero-order chi connectivity index (χ0) is 15.4. The van der Waals surface area contributed by atoms with Gasteiger partial charge in [0, 0.05) is 24.5 Å². The molecule has 3 rings (SSSR count). The van der Waals surface area contributed by atoms with Crippen LogP contribution >= 0.6 is 0 Å². The molecule has 114 valence electrons. The summed E-state index contributed by atoms with van der Waals surface area (Å²) in [6.07, 6.45) is 4.68. The molecule has 1 aromatic heterocycles. The first-order valence-electron chi connectivity index (χ1n) is 7.09. The van der Waals surface area contributed by atoms with Gasteiger partial charge in [-0.1, -0.05) is 6.07 Å². The normalized spacial score (nSPS) is 18.0. The number of morpholine rings is 1. The van der Waals surface area contributed by atoms with Crippen LogP contribution in [-0.2, 0) is 4.74 Å². The van der Waals surface area contributed by atoms with Crippen molar-refractivity contribution < 1.29 is 14.3 Å². The van der Waals surface area contributed by atoms with Crippen LogP contribution in [0.25, 0.3) is 0 Å². The molecule has 1 atom stereocenters. The van der Waals surface area contributed by atoms with Crippen molar-refractivity contribution in [2.75, 3.05) is 26.8 Å². The highest BCUT2D eigenvalue weighted by Gasteiger charge is 2.27. The smallest absolute Gasteiger partial charge is 0.254 e. The van der Waals surface area contributed by atoms with Gasteiger partial charge in [0.25, 0.3) is 5.91 Å². The summed E-state index contributed by atoms with van der Waals surface area (Å²) in [7, 11) is 1.59. The minimum absolute atomic E-state index is 0.0314. The highest BCUT2D eigenvalue weighted by atomic mass is 16.5. The van der Waals surface area contributed by atoms with Crippen LogP contribution in [0.1, 0.15) is 22.2 Å². The van der Waals surface area contributed by atoms with Crippen LogP contribution in [0.4, 0.5) is 0 Å². The maximum atomic E-state index is 12.6. The van der Waals surface area contributed by atoms with Gasteiger partial charge in [0.1, 0.15) is 11.9 Å². The number of hydrogen-bond donors (Lipinski definition) is 0. The minimum Gasteiger partial charge on any atom is -0.497 e. The highest BCUT2D eigenvalue weighted by molar-refractivity contribution is 5.94. The van der Waals surface area contributed by atoms with Crippen molar-refractivity contribution in [1.82, 2.24) is 14.9 Å². The van der Waals surface area contributed by atoms with Gasteiger partial charge in [-0.3, -0.25) is 14.8 Å². The Morgan fingerprint density at radius 2 is 2.32 bits per heavy atom. The van der Waals surface area contributed by atoms with Crippen LogP contribution in [0, 0.1) is 0 Å². The van der Waals surface area contributed by atoms with E-state index in [0.717, 1.165) is 5.69 Å². The lowest BCUT2D eigenvalue weighted by atomic mass is 10.1. The van der Waals surface area contributed by atoms with Crippen molar-refractivity contribution in [3.63, 3.8) is 0 Å². The molecule has 1 unspecified atom stereocenters. The predicted molar refractivity (Wildman–Crippen MR) is 79.6 cm³/mol. The fourth-order valence-electron chi connectivity index (χ4n) is 2.43. The van der Waals surface area contributed by atoms with Crippen LogP contribution in [0.2, 0.25) is 0 Å². The van der Waals surface area contributed by atoms with Crippen molar-refractivity contribution >= 4 is 5.91 Å². The fourth-order valence-corrected chi connectivity index (χ4v) is 2.43. The Morgan fingerprint density at radius 1 is 1.41 bits per heavy atom. The quantitative estimate of drug-likeness (QED) is 0.863. The van der Waals surface area contributed by atoms with E-state index in [1.54, 1.807) is 42.7 Å². The van der Waals surface area contributed by atoms with E-state index in [4.69, 9.17) is 9.47 Å². The summed E-state index contributed by atoms with van der Waals surface area (Å²) < 4.78 is 10.9. The Bertz CT molecular complexity index is 648. The second kappa shape index (κ2) is 6.53. The molecule has 1 aromatic carbocycles. The summed E-state index contributed by atoms with van der Waals surface area (Å²) in [6, 6.07) is 7.16. The molecule has 0 saturated carbocycles. The topological polar surface area (TPSA) is 64.5 Å². The SMILES string of the molecule is COc1cccc(C(=O)N2CCOC(c3cnccn3)C2)c1. The highest BCUT2D eigenvalue weighted by Crippen LogP contribution is 2.22. The third kappa shape index (κ3) is 3.07. The Labute approximate surface area is 128 Å². The molecule has 0 bridgehead atoms. The lowest BCUT2D eigenvalue weighted by molar-refractivity contribution is -0.0249. The summed E-state index contributed by atoms with van der Waals surface area (Å²) in [4.78, 5) is 22.7. The molecular formula is C16H17N3O3. The summed E-state index contributed by atoms with van der Waals surface area (Å²) in [5.74, 6) is 0.640. The number of carbonyl (C=O) groups excluding carboxylic acids is 1. The van der Waals surface area contributed by atoms with Gasteiger partial charge in [-0.2, -0.15) is 0 Å². The maximum absolute atomic E-state index is 12.6. The third-order valence-corrected chi connectivity index (χ3v) is 3.58. The molecule has 0 radical (unpaired) electrons. The largest absolute Gasteiger partial charge is 0.497 e. The number of nitrogens with zero attached hydrogens (tertiary/aromatic N) is 3. The van der Waals surface area contributed by atoms with Gasteiger partial charge in [0.05, 0.1) is 32.2 Å². The van der Waals surface area contributed by atoms with Gasteiger partial charge in [0.2, 0.25) is 0 Å². The van der Waals surface area contributed by atoms with Crippen molar-refractivity contribution in [2.24, 2.45) is 0 Å². The first kappa shape index (κ1) is 14.5. The van der Waals surface area contributed by atoms with Gasteiger partial charge in [-0.05, 0) is 18.2 Å². The number of amides is 1. The van der Waals surface area contributed by atoms with E-state index in [0.29, 0.717) is 31.0 Å². The molecule has 0 N–H and O–H groups in total. The van der Waals surface area contributed by atoms with E-state index in [2.05, 4.69) is 9.97 Å². The second-order valence-corrected chi connectivity index (χ2v) is 4.97. The van der Waals surface area contributed by atoms with Gasteiger partial charge in [-0.15, -0.1) is 0 Å². The first-order valence-corrected chi connectivity index (χ1v) is 7.09. The van der Waals surface area contributed by atoms with Crippen LogP contribution in [-0.4, -0.2) is 47.6 Å².